The Morgan fingerprint density at radius 3 is 2.17 bits per heavy atom. The summed E-state index contributed by atoms with van der Waals surface area (Å²) in [6.45, 7) is 1.83. The van der Waals surface area contributed by atoms with Crippen LogP contribution in [-0.2, 0) is 23.0 Å². The smallest absolute Gasteiger partial charge is 0.413 e. The van der Waals surface area contributed by atoms with Gasteiger partial charge in [-0.3, -0.25) is 14.8 Å². The second kappa shape index (κ2) is 10.7. The molecular formula is C28H27N3O4. The van der Waals surface area contributed by atoms with Gasteiger partial charge in [0.2, 0.25) is 0 Å². The number of anilines is 1. The number of carboxylic acid groups (broad SMARTS) is 1. The van der Waals surface area contributed by atoms with Crippen LogP contribution < -0.4 is 5.32 Å². The number of nitrogens with zero attached hydrogens (tertiary/aromatic N) is 2. The number of aliphatic carboxylic acids is 1. The Kier molecular flexibility index (Phi) is 7.26. The monoisotopic (exact) mass is 469 g/mol. The molecule has 4 rings (SSSR count). The predicted octanol–water partition coefficient (Wildman–Crippen LogP) is 6.08. The minimum atomic E-state index is -0.798. The molecule has 0 saturated carbocycles. The van der Waals surface area contributed by atoms with Crippen LogP contribution in [0.25, 0.3) is 22.3 Å². The summed E-state index contributed by atoms with van der Waals surface area (Å²) in [7, 11) is 1.76. The number of carbonyl (C=O) groups excluding carboxylic acids is 1. The standard InChI is InChI=1S/C28H27N3O4/c1-19(21-6-4-3-5-7-21)35-28(34)30-27-25(18-29-31(27)2)24-15-13-23(14-16-24)22-11-8-20(9-12-22)10-17-26(32)33/h3-9,11-16,18-19H,10,17H2,1-2H3,(H,30,34)(H,32,33)/t19-/m1/s1. The lowest BCUT2D eigenvalue weighted by molar-refractivity contribution is -0.136. The quantitative estimate of drug-likeness (QED) is 0.326. The van der Waals surface area contributed by atoms with Gasteiger partial charge in [-0.1, -0.05) is 78.9 Å². The highest BCUT2D eigenvalue weighted by atomic mass is 16.6. The number of rotatable bonds is 8. The summed E-state index contributed by atoms with van der Waals surface area (Å²) in [4.78, 5) is 23.3. The van der Waals surface area contributed by atoms with E-state index in [0.717, 1.165) is 33.4 Å². The Morgan fingerprint density at radius 2 is 1.54 bits per heavy atom. The molecule has 7 nitrogen and oxygen atoms in total. The molecule has 0 radical (unpaired) electrons. The third-order valence-electron chi connectivity index (χ3n) is 5.82. The van der Waals surface area contributed by atoms with E-state index in [2.05, 4.69) is 10.4 Å². The zero-order chi connectivity index (χ0) is 24.8. The average Bonchev–Trinajstić information content (AvgIpc) is 3.23. The maximum Gasteiger partial charge on any atom is 0.413 e. The Bertz CT molecular complexity index is 1300. The van der Waals surface area contributed by atoms with Crippen molar-refractivity contribution < 1.29 is 19.4 Å². The molecule has 0 saturated heterocycles. The van der Waals surface area contributed by atoms with E-state index in [1.54, 1.807) is 17.9 Å². The molecule has 178 valence electrons. The maximum absolute atomic E-state index is 12.6. The second-order valence-corrected chi connectivity index (χ2v) is 8.28. The van der Waals surface area contributed by atoms with Gasteiger partial charge in [0.25, 0.3) is 0 Å². The summed E-state index contributed by atoms with van der Waals surface area (Å²) >= 11 is 0. The van der Waals surface area contributed by atoms with Crippen LogP contribution in [0.4, 0.5) is 10.6 Å². The fraction of sp³-hybridized carbons (Fsp3) is 0.179. The summed E-state index contributed by atoms with van der Waals surface area (Å²) in [5, 5.41) is 16.0. The van der Waals surface area contributed by atoms with Gasteiger partial charge in [-0.2, -0.15) is 5.10 Å². The fourth-order valence-corrected chi connectivity index (χ4v) is 3.83. The molecule has 0 fully saturated rings. The first-order valence-electron chi connectivity index (χ1n) is 11.4. The van der Waals surface area contributed by atoms with Crippen molar-refractivity contribution in [2.24, 2.45) is 7.05 Å². The third-order valence-corrected chi connectivity index (χ3v) is 5.82. The van der Waals surface area contributed by atoms with Crippen LogP contribution >= 0.6 is 0 Å². The average molecular weight is 470 g/mol. The zero-order valence-corrected chi connectivity index (χ0v) is 19.6. The molecule has 1 heterocycles. The van der Waals surface area contributed by atoms with E-state index in [1.165, 1.54) is 0 Å². The highest BCUT2D eigenvalue weighted by Crippen LogP contribution is 2.30. The van der Waals surface area contributed by atoms with Crippen molar-refractivity contribution in [2.45, 2.75) is 25.9 Å². The van der Waals surface area contributed by atoms with E-state index in [9.17, 15) is 9.59 Å². The Labute approximate surface area is 204 Å². The second-order valence-electron chi connectivity index (χ2n) is 8.28. The van der Waals surface area contributed by atoms with Crippen LogP contribution in [0, 0.1) is 0 Å². The van der Waals surface area contributed by atoms with Gasteiger partial charge >= 0.3 is 12.1 Å². The van der Waals surface area contributed by atoms with Crippen LogP contribution in [0.5, 0.6) is 0 Å². The van der Waals surface area contributed by atoms with Crippen LogP contribution in [-0.4, -0.2) is 26.9 Å². The Hall–Kier alpha value is -4.39. The molecule has 7 heteroatoms. The first-order chi connectivity index (χ1) is 16.9. The minimum absolute atomic E-state index is 0.119. The molecule has 0 bridgehead atoms. The lowest BCUT2D eigenvalue weighted by atomic mass is 9.99. The highest BCUT2D eigenvalue weighted by Gasteiger charge is 2.17. The molecule has 4 aromatic rings. The maximum atomic E-state index is 12.6. The number of nitrogens with one attached hydrogen (secondary N) is 1. The van der Waals surface area contributed by atoms with Crippen molar-refractivity contribution in [1.82, 2.24) is 9.78 Å². The molecule has 1 amide bonds. The molecule has 0 aliphatic rings. The van der Waals surface area contributed by atoms with Crippen LogP contribution in [0.1, 0.15) is 30.6 Å². The predicted molar refractivity (Wildman–Crippen MR) is 135 cm³/mol. The van der Waals surface area contributed by atoms with Gasteiger partial charge in [0, 0.05) is 19.0 Å². The van der Waals surface area contributed by atoms with E-state index >= 15 is 0 Å². The molecule has 0 aliphatic heterocycles. The minimum Gasteiger partial charge on any atom is -0.481 e. The number of aromatic nitrogens is 2. The van der Waals surface area contributed by atoms with Crippen molar-refractivity contribution in [2.75, 3.05) is 5.32 Å². The molecule has 3 aromatic carbocycles. The largest absolute Gasteiger partial charge is 0.481 e. The van der Waals surface area contributed by atoms with E-state index < -0.39 is 12.1 Å². The molecule has 2 N–H and O–H groups in total. The molecule has 0 unspecified atom stereocenters. The molecule has 1 aromatic heterocycles. The normalized spacial score (nSPS) is 11.6. The van der Waals surface area contributed by atoms with Gasteiger partial charge in [0.1, 0.15) is 11.9 Å². The number of ether oxygens (including phenoxy) is 1. The fourth-order valence-electron chi connectivity index (χ4n) is 3.83. The molecule has 0 spiro atoms. The van der Waals surface area contributed by atoms with Crippen molar-refractivity contribution in [1.29, 1.82) is 0 Å². The summed E-state index contributed by atoms with van der Waals surface area (Å²) in [6.07, 6.45) is 1.41. The molecule has 1 atom stereocenters. The summed E-state index contributed by atoms with van der Waals surface area (Å²) in [5.74, 6) is -0.251. The summed E-state index contributed by atoms with van der Waals surface area (Å²) in [5.41, 5.74) is 5.68. The SMILES string of the molecule is C[C@@H](OC(=O)Nc1c(-c2ccc(-c3ccc(CCC(=O)O)cc3)cc2)cnn1C)c1ccccc1. The topological polar surface area (TPSA) is 93.4 Å². The van der Waals surface area contributed by atoms with Crippen LogP contribution in [0.2, 0.25) is 0 Å². The lowest BCUT2D eigenvalue weighted by Crippen LogP contribution is -2.18. The number of benzene rings is 3. The number of aryl methyl sites for hydroxylation is 2. The number of carboxylic acids is 1. The molecular weight excluding hydrogens is 442 g/mol. The van der Waals surface area contributed by atoms with Gasteiger partial charge in [-0.05, 0) is 41.2 Å². The number of hydrogen-bond donors (Lipinski definition) is 2. The number of amides is 1. The molecule has 35 heavy (non-hydrogen) atoms. The van der Waals surface area contributed by atoms with Gasteiger partial charge < -0.3 is 9.84 Å². The first kappa shape index (κ1) is 23.8. The van der Waals surface area contributed by atoms with Gasteiger partial charge in [0.05, 0.1) is 6.20 Å². The van der Waals surface area contributed by atoms with E-state index in [-0.39, 0.29) is 12.5 Å². The van der Waals surface area contributed by atoms with Crippen LogP contribution in [0.15, 0.2) is 85.1 Å². The highest BCUT2D eigenvalue weighted by molar-refractivity contribution is 5.90. The van der Waals surface area contributed by atoms with Gasteiger partial charge in [-0.15, -0.1) is 0 Å². The van der Waals surface area contributed by atoms with Gasteiger partial charge in [0.15, 0.2) is 0 Å². The first-order valence-corrected chi connectivity index (χ1v) is 11.4. The molecule has 0 aliphatic carbocycles. The van der Waals surface area contributed by atoms with Crippen molar-refractivity contribution in [3.63, 3.8) is 0 Å². The van der Waals surface area contributed by atoms with Crippen molar-refractivity contribution in [3.8, 4) is 22.3 Å². The Morgan fingerprint density at radius 1 is 0.943 bits per heavy atom. The number of carbonyl (C=O) groups is 2. The van der Waals surface area contributed by atoms with Crippen molar-refractivity contribution in [3.05, 3.63) is 96.2 Å². The Balaban J connectivity index is 1.45. The number of hydrogen-bond acceptors (Lipinski definition) is 4. The van der Waals surface area contributed by atoms with E-state index in [0.29, 0.717) is 12.2 Å². The zero-order valence-electron chi connectivity index (χ0n) is 19.6. The van der Waals surface area contributed by atoms with Gasteiger partial charge in [-0.25, -0.2) is 4.79 Å². The third kappa shape index (κ3) is 5.95. The van der Waals surface area contributed by atoms with E-state index in [1.807, 2.05) is 85.8 Å². The van der Waals surface area contributed by atoms with E-state index in [4.69, 9.17) is 9.84 Å². The summed E-state index contributed by atoms with van der Waals surface area (Å²) in [6, 6.07) is 25.4. The summed E-state index contributed by atoms with van der Waals surface area (Å²) < 4.78 is 7.15. The van der Waals surface area contributed by atoms with Crippen molar-refractivity contribution >= 4 is 17.9 Å². The lowest BCUT2D eigenvalue weighted by Gasteiger charge is -2.15. The van der Waals surface area contributed by atoms with Crippen LogP contribution in [0.3, 0.4) is 0 Å².